The van der Waals surface area contributed by atoms with Gasteiger partial charge in [0.25, 0.3) is 0 Å². The SMILES string of the molecule is COc1cccc(SC(c2ccccc2)C(O)CSCC(=O)O)c1. The molecule has 128 valence electrons. The molecule has 2 unspecified atom stereocenters. The van der Waals surface area contributed by atoms with Gasteiger partial charge in [-0.3, -0.25) is 4.79 Å². The van der Waals surface area contributed by atoms with E-state index in [1.165, 1.54) is 11.8 Å². The van der Waals surface area contributed by atoms with Crippen LogP contribution in [0.1, 0.15) is 10.8 Å². The van der Waals surface area contributed by atoms with Crippen LogP contribution in [0.5, 0.6) is 5.75 Å². The third kappa shape index (κ3) is 5.78. The molecule has 0 heterocycles. The van der Waals surface area contributed by atoms with E-state index in [1.807, 2.05) is 54.6 Å². The average molecular weight is 364 g/mol. The Bertz CT molecular complexity index is 648. The van der Waals surface area contributed by atoms with Gasteiger partial charge in [0.05, 0.1) is 24.2 Å². The Kier molecular flexibility index (Phi) is 7.49. The van der Waals surface area contributed by atoms with Crippen molar-refractivity contribution in [3.8, 4) is 5.75 Å². The minimum absolute atomic E-state index is 0.0115. The summed E-state index contributed by atoms with van der Waals surface area (Å²) in [4.78, 5) is 11.7. The van der Waals surface area contributed by atoms with Crippen LogP contribution in [-0.4, -0.2) is 40.9 Å². The van der Waals surface area contributed by atoms with Crippen molar-refractivity contribution in [3.63, 3.8) is 0 Å². The third-order valence-electron chi connectivity index (χ3n) is 3.30. The van der Waals surface area contributed by atoms with Crippen molar-refractivity contribution >= 4 is 29.5 Å². The summed E-state index contributed by atoms with van der Waals surface area (Å²) in [6, 6.07) is 17.4. The van der Waals surface area contributed by atoms with Gasteiger partial charge < -0.3 is 14.9 Å². The molecule has 0 bridgehead atoms. The minimum atomic E-state index is -0.871. The number of methoxy groups -OCH3 is 1. The van der Waals surface area contributed by atoms with Crippen molar-refractivity contribution in [1.29, 1.82) is 0 Å². The number of aliphatic hydroxyl groups excluding tert-OH is 1. The zero-order valence-corrected chi connectivity index (χ0v) is 14.9. The van der Waals surface area contributed by atoms with Crippen LogP contribution in [0.25, 0.3) is 0 Å². The number of benzene rings is 2. The number of carbonyl (C=O) groups is 1. The Hall–Kier alpha value is -1.63. The summed E-state index contributed by atoms with van der Waals surface area (Å²) in [6.07, 6.45) is -0.659. The normalized spacial score (nSPS) is 13.2. The number of thioether (sulfide) groups is 2. The Morgan fingerprint density at radius 2 is 1.92 bits per heavy atom. The van der Waals surface area contributed by atoms with Crippen molar-refractivity contribution in [2.24, 2.45) is 0 Å². The molecule has 0 aromatic heterocycles. The molecule has 0 radical (unpaired) electrons. The van der Waals surface area contributed by atoms with Gasteiger partial charge in [-0.1, -0.05) is 36.4 Å². The highest BCUT2D eigenvalue weighted by Gasteiger charge is 2.23. The van der Waals surface area contributed by atoms with E-state index < -0.39 is 12.1 Å². The molecule has 2 N–H and O–H groups in total. The van der Waals surface area contributed by atoms with Crippen LogP contribution in [0.2, 0.25) is 0 Å². The van der Waals surface area contributed by atoms with Crippen LogP contribution >= 0.6 is 23.5 Å². The number of rotatable bonds is 9. The second-order valence-electron chi connectivity index (χ2n) is 5.10. The van der Waals surface area contributed by atoms with E-state index in [2.05, 4.69) is 0 Å². The van der Waals surface area contributed by atoms with Crippen molar-refractivity contribution in [3.05, 3.63) is 60.2 Å². The number of hydrogen-bond acceptors (Lipinski definition) is 5. The summed E-state index contributed by atoms with van der Waals surface area (Å²) in [6.45, 7) is 0. The molecule has 2 rings (SSSR count). The quantitative estimate of drug-likeness (QED) is 0.661. The lowest BCUT2D eigenvalue weighted by molar-refractivity contribution is -0.133. The zero-order chi connectivity index (χ0) is 17.4. The first-order valence-electron chi connectivity index (χ1n) is 7.43. The van der Waals surface area contributed by atoms with Crippen LogP contribution in [0.4, 0.5) is 0 Å². The summed E-state index contributed by atoms with van der Waals surface area (Å²) in [5.74, 6) is 0.246. The highest BCUT2D eigenvalue weighted by atomic mass is 32.2. The second-order valence-corrected chi connectivity index (χ2v) is 7.35. The van der Waals surface area contributed by atoms with E-state index in [4.69, 9.17) is 9.84 Å². The predicted molar refractivity (Wildman–Crippen MR) is 99.0 cm³/mol. The average Bonchev–Trinajstić information content (AvgIpc) is 2.60. The molecule has 4 nitrogen and oxygen atoms in total. The fourth-order valence-corrected chi connectivity index (χ4v) is 4.22. The number of aliphatic carboxylic acids is 1. The third-order valence-corrected chi connectivity index (χ3v) is 5.69. The molecular weight excluding hydrogens is 344 g/mol. The topological polar surface area (TPSA) is 66.8 Å². The van der Waals surface area contributed by atoms with Crippen LogP contribution < -0.4 is 4.74 Å². The number of hydrogen-bond donors (Lipinski definition) is 2. The van der Waals surface area contributed by atoms with Gasteiger partial charge in [0.2, 0.25) is 0 Å². The Labute approximate surface area is 150 Å². The number of carboxylic acids is 1. The largest absolute Gasteiger partial charge is 0.497 e. The number of ether oxygens (including phenoxy) is 1. The lowest BCUT2D eigenvalue weighted by atomic mass is 10.1. The highest BCUT2D eigenvalue weighted by Crippen LogP contribution is 2.39. The lowest BCUT2D eigenvalue weighted by Gasteiger charge is -2.23. The summed E-state index contributed by atoms with van der Waals surface area (Å²) in [5.41, 5.74) is 1.01. The summed E-state index contributed by atoms with van der Waals surface area (Å²) in [7, 11) is 1.62. The minimum Gasteiger partial charge on any atom is -0.497 e. The Morgan fingerprint density at radius 3 is 2.58 bits per heavy atom. The first-order valence-corrected chi connectivity index (χ1v) is 9.47. The summed E-state index contributed by atoms with van der Waals surface area (Å²) >= 11 is 2.77. The van der Waals surface area contributed by atoms with Crippen LogP contribution in [0.15, 0.2) is 59.5 Å². The van der Waals surface area contributed by atoms with Gasteiger partial charge in [-0.25, -0.2) is 0 Å². The molecule has 0 amide bonds. The van der Waals surface area contributed by atoms with Crippen LogP contribution in [0.3, 0.4) is 0 Å². The maximum Gasteiger partial charge on any atom is 0.313 e. The van der Waals surface area contributed by atoms with E-state index in [0.29, 0.717) is 5.75 Å². The smallest absolute Gasteiger partial charge is 0.313 e. The van der Waals surface area contributed by atoms with Crippen LogP contribution in [0, 0.1) is 0 Å². The fourth-order valence-electron chi connectivity index (χ4n) is 2.19. The molecule has 2 aromatic rings. The van der Waals surface area contributed by atoms with Gasteiger partial charge in [0.15, 0.2) is 0 Å². The summed E-state index contributed by atoms with van der Waals surface area (Å²) < 4.78 is 5.25. The first-order chi connectivity index (χ1) is 11.6. The number of aliphatic hydroxyl groups is 1. The van der Waals surface area contributed by atoms with Gasteiger partial charge >= 0.3 is 5.97 Å². The molecule has 0 spiro atoms. The molecule has 24 heavy (non-hydrogen) atoms. The molecule has 0 saturated heterocycles. The van der Waals surface area contributed by atoms with E-state index in [1.54, 1.807) is 18.9 Å². The van der Waals surface area contributed by atoms with Gasteiger partial charge in [-0.2, -0.15) is 0 Å². The molecule has 0 aliphatic carbocycles. The Balaban J connectivity index is 2.14. The highest BCUT2D eigenvalue weighted by molar-refractivity contribution is 8.00. The molecule has 2 atom stereocenters. The van der Waals surface area contributed by atoms with E-state index in [-0.39, 0.29) is 11.0 Å². The van der Waals surface area contributed by atoms with Crippen LogP contribution in [-0.2, 0) is 4.79 Å². The molecule has 0 aliphatic rings. The van der Waals surface area contributed by atoms with E-state index in [0.717, 1.165) is 16.2 Å². The van der Waals surface area contributed by atoms with Gasteiger partial charge in [-0.05, 0) is 23.8 Å². The molecule has 0 saturated carbocycles. The summed E-state index contributed by atoms with van der Waals surface area (Å²) in [5, 5.41) is 19.2. The first kappa shape index (κ1) is 18.7. The maximum absolute atomic E-state index is 10.7. The molecule has 6 heteroatoms. The van der Waals surface area contributed by atoms with E-state index >= 15 is 0 Å². The van der Waals surface area contributed by atoms with Crippen molar-refractivity contribution in [1.82, 2.24) is 0 Å². The van der Waals surface area contributed by atoms with Crippen molar-refractivity contribution in [2.75, 3.05) is 18.6 Å². The fraction of sp³-hybridized carbons (Fsp3) is 0.278. The maximum atomic E-state index is 10.7. The predicted octanol–water partition coefficient (Wildman–Crippen LogP) is 3.71. The molecule has 2 aromatic carbocycles. The lowest BCUT2D eigenvalue weighted by Crippen LogP contribution is -2.19. The van der Waals surface area contributed by atoms with Gasteiger partial charge in [0, 0.05) is 10.6 Å². The Morgan fingerprint density at radius 1 is 1.17 bits per heavy atom. The zero-order valence-electron chi connectivity index (χ0n) is 13.3. The molecular formula is C18H20O4S2. The van der Waals surface area contributed by atoms with E-state index in [9.17, 15) is 9.90 Å². The van der Waals surface area contributed by atoms with Gasteiger partial charge in [-0.15, -0.1) is 23.5 Å². The molecule has 0 aliphatic heterocycles. The van der Waals surface area contributed by atoms with Crippen molar-refractivity contribution < 1.29 is 19.7 Å². The standard InChI is InChI=1S/C18H20O4S2/c1-22-14-8-5-9-15(10-14)24-18(13-6-3-2-4-7-13)16(19)11-23-12-17(20)21/h2-10,16,18-19H,11-12H2,1H3,(H,20,21). The van der Waals surface area contributed by atoms with Crippen molar-refractivity contribution in [2.45, 2.75) is 16.2 Å². The number of carboxylic acid groups (broad SMARTS) is 1. The monoisotopic (exact) mass is 364 g/mol. The van der Waals surface area contributed by atoms with Gasteiger partial charge in [0.1, 0.15) is 5.75 Å². The molecule has 0 fully saturated rings. The second kappa shape index (κ2) is 9.61.